The molecule has 0 bridgehead atoms. The van der Waals surface area contributed by atoms with Gasteiger partial charge in [-0.1, -0.05) is 13.8 Å². The van der Waals surface area contributed by atoms with E-state index < -0.39 is 4.92 Å². The van der Waals surface area contributed by atoms with Crippen LogP contribution in [0.4, 0.5) is 11.4 Å². The predicted octanol–water partition coefficient (Wildman–Crippen LogP) is 2.68. The molecule has 0 saturated heterocycles. The van der Waals surface area contributed by atoms with Crippen LogP contribution in [0.15, 0.2) is 18.2 Å². The van der Waals surface area contributed by atoms with Crippen molar-refractivity contribution in [2.75, 3.05) is 25.6 Å². The lowest BCUT2D eigenvalue weighted by Crippen LogP contribution is -2.14. The van der Waals surface area contributed by atoms with Crippen molar-refractivity contribution in [2.24, 2.45) is 5.92 Å². The number of methoxy groups -OCH3 is 1. The Morgan fingerprint density at radius 3 is 2.74 bits per heavy atom. The molecule has 2 N–H and O–H groups in total. The van der Waals surface area contributed by atoms with E-state index in [-0.39, 0.29) is 11.6 Å². The summed E-state index contributed by atoms with van der Waals surface area (Å²) >= 11 is 0. The van der Waals surface area contributed by atoms with E-state index in [9.17, 15) is 10.1 Å². The van der Waals surface area contributed by atoms with E-state index in [4.69, 9.17) is 10.1 Å². The number of ether oxygens (including phenoxy) is 1. The van der Waals surface area contributed by atoms with Crippen molar-refractivity contribution in [3.8, 4) is 0 Å². The maximum atomic E-state index is 10.8. The molecule has 0 atom stereocenters. The maximum absolute atomic E-state index is 10.8. The van der Waals surface area contributed by atoms with Crippen LogP contribution >= 0.6 is 0 Å². The highest BCUT2D eigenvalue weighted by Crippen LogP contribution is 2.24. The molecule has 0 saturated carbocycles. The van der Waals surface area contributed by atoms with Crippen LogP contribution in [-0.2, 0) is 4.74 Å². The molecule has 1 rings (SSSR count). The summed E-state index contributed by atoms with van der Waals surface area (Å²) in [5.74, 6) is 0.00461. The first-order valence-corrected chi connectivity index (χ1v) is 6.07. The van der Waals surface area contributed by atoms with Gasteiger partial charge < -0.3 is 15.5 Å². The van der Waals surface area contributed by atoms with Gasteiger partial charge in [-0.3, -0.25) is 10.1 Å². The van der Waals surface area contributed by atoms with Crippen molar-refractivity contribution in [1.29, 1.82) is 5.41 Å². The first kappa shape index (κ1) is 15.1. The highest BCUT2D eigenvalue weighted by molar-refractivity contribution is 6.04. The van der Waals surface area contributed by atoms with E-state index in [1.807, 2.05) is 13.8 Å². The van der Waals surface area contributed by atoms with E-state index in [1.54, 1.807) is 13.2 Å². The number of nitrogens with one attached hydrogen (secondary N) is 2. The number of nitro benzene ring substituents is 1. The molecular formula is C13H19N3O3. The summed E-state index contributed by atoms with van der Waals surface area (Å²) in [5.41, 5.74) is 1.67. The monoisotopic (exact) mass is 265 g/mol. The minimum absolute atomic E-state index is 0.00214. The summed E-state index contributed by atoms with van der Waals surface area (Å²) in [5, 5.41) is 22.0. The van der Waals surface area contributed by atoms with Gasteiger partial charge in [0.2, 0.25) is 0 Å². The Morgan fingerprint density at radius 1 is 1.53 bits per heavy atom. The number of anilines is 1. The lowest BCUT2D eigenvalue weighted by atomic mass is 9.98. The lowest BCUT2D eigenvalue weighted by molar-refractivity contribution is -0.384. The molecule has 1 aromatic carbocycles. The molecule has 104 valence electrons. The average molecular weight is 265 g/mol. The van der Waals surface area contributed by atoms with Gasteiger partial charge in [0.1, 0.15) is 0 Å². The molecule has 0 heterocycles. The minimum atomic E-state index is -0.448. The van der Waals surface area contributed by atoms with E-state index in [2.05, 4.69) is 5.32 Å². The van der Waals surface area contributed by atoms with Gasteiger partial charge in [0.15, 0.2) is 0 Å². The zero-order chi connectivity index (χ0) is 14.4. The third-order valence-electron chi connectivity index (χ3n) is 2.70. The standard InChI is InChI=1S/C13H19N3O3/c1-9(2)13(14)11-8-10(16(17)18)4-5-12(11)15-6-7-19-3/h4-5,8-9,14-15H,6-7H2,1-3H3. The van der Waals surface area contributed by atoms with Gasteiger partial charge in [0.05, 0.1) is 11.5 Å². The quantitative estimate of drug-likeness (QED) is 0.343. The van der Waals surface area contributed by atoms with E-state index in [0.29, 0.717) is 24.4 Å². The number of nitrogens with zero attached hydrogens (tertiary/aromatic N) is 1. The Hall–Kier alpha value is -1.95. The molecule has 0 fully saturated rings. The lowest BCUT2D eigenvalue weighted by Gasteiger charge is -2.14. The van der Waals surface area contributed by atoms with Crippen LogP contribution in [0.25, 0.3) is 0 Å². The summed E-state index contributed by atoms with van der Waals surface area (Å²) in [7, 11) is 1.61. The summed E-state index contributed by atoms with van der Waals surface area (Å²) in [6.45, 7) is 4.90. The zero-order valence-corrected chi connectivity index (χ0v) is 11.4. The van der Waals surface area contributed by atoms with Crippen LogP contribution in [0, 0.1) is 21.4 Å². The van der Waals surface area contributed by atoms with Gasteiger partial charge in [-0.25, -0.2) is 0 Å². The highest BCUT2D eigenvalue weighted by atomic mass is 16.6. The topological polar surface area (TPSA) is 88.2 Å². The first-order chi connectivity index (χ1) is 8.97. The Kier molecular flexibility index (Phi) is 5.44. The smallest absolute Gasteiger partial charge is 0.270 e. The van der Waals surface area contributed by atoms with Crippen LogP contribution in [0.5, 0.6) is 0 Å². The minimum Gasteiger partial charge on any atom is -0.383 e. The van der Waals surface area contributed by atoms with Crippen molar-refractivity contribution in [1.82, 2.24) is 0 Å². The zero-order valence-electron chi connectivity index (χ0n) is 11.4. The van der Waals surface area contributed by atoms with Crippen molar-refractivity contribution in [3.05, 3.63) is 33.9 Å². The Bertz CT molecular complexity index is 472. The number of benzene rings is 1. The third-order valence-corrected chi connectivity index (χ3v) is 2.70. The van der Waals surface area contributed by atoms with Crippen LogP contribution in [0.1, 0.15) is 19.4 Å². The van der Waals surface area contributed by atoms with Crippen LogP contribution in [0.3, 0.4) is 0 Å². The molecular weight excluding hydrogens is 246 g/mol. The summed E-state index contributed by atoms with van der Waals surface area (Å²) < 4.78 is 4.95. The van der Waals surface area contributed by atoms with Crippen molar-refractivity contribution in [2.45, 2.75) is 13.8 Å². The van der Waals surface area contributed by atoms with E-state index >= 15 is 0 Å². The van der Waals surface area contributed by atoms with Crippen molar-refractivity contribution in [3.63, 3.8) is 0 Å². The number of hydrogen-bond donors (Lipinski definition) is 2. The van der Waals surface area contributed by atoms with Gasteiger partial charge in [-0.2, -0.15) is 0 Å². The normalized spacial score (nSPS) is 10.5. The van der Waals surface area contributed by atoms with Crippen LogP contribution in [0.2, 0.25) is 0 Å². The number of hydrogen-bond acceptors (Lipinski definition) is 5. The molecule has 1 aromatic rings. The predicted molar refractivity (Wildman–Crippen MR) is 75.1 cm³/mol. The summed E-state index contributed by atoms with van der Waals surface area (Å²) in [4.78, 5) is 10.4. The highest BCUT2D eigenvalue weighted by Gasteiger charge is 2.16. The number of non-ortho nitro benzene ring substituents is 1. The van der Waals surface area contributed by atoms with E-state index in [1.165, 1.54) is 12.1 Å². The molecule has 0 unspecified atom stereocenters. The SMILES string of the molecule is COCCNc1ccc([N+](=O)[O-])cc1C(=N)C(C)C. The van der Waals surface area contributed by atoms with Crippen LogP contribution < -0.4 is 5.32 Å². The molecule has 0 radical (unpaired) electrons. The van der Waals surface area contributed by atoms with Gasteiger partial charge >= 0.3 is 0 Å². The number of nitro groups is 1. The van der Waals surface area contributed by atoms with E-state index in [0.717, 1.165) is 5.69 Å². The second-order valence-corrected chi connectivity index (χ2v) is 4.47. The van der Waals surface area contributed by atoms with Gasteiger partial charge in [-0.05, 0) is 12.0 Å². The maximum Gasteiger partial charge on any atom is 0.270 e. The number of rotatable bonds is 7. The summed E-state index contributed by atoms with van der Waals surface area (Å²) in [6.07, 6.45) is 0. The third kappa shape index (κ3) is 4.03. The molecule has 6 heteroatoms. The molecule has 0 aliphatic rings. The second kappa shape index (κ2) is 6.84. The fraction of sp³-hybridized carbons (Fsp3) is 0.462. The molecule has 19 heavy (non-hydrogen) atoms. The fourth-order valence-corrected chi connectivity index (χ4v) is 1.62. The van der Waals surface area contributed by atoms with Gasteiger partial charge in [0, 0.05) is 42.7 Å². The molecule has 0 aliphatic heterocycles. The largest absolute Gasteiger partial charge is 0.383 e. The fourth-order valence-electron chi connectivity index (χ4n) is 1.62. The molecule has 0 spiro atoms. The average Bonchev–Trinajstić information content (AvgIpc) is 2.38. The van der Waals surface area contributed by atoms with Crippen molar-refractivity contribution < 1.29 is 9.66 Å². The van der Waals surface area contributed by atoms with Gasteiger partial charge in [0.25, 0.3) is 5.69 Å². The molecule has 6 nitrogen and oxygen atoms in total. The Balaban J connectivity index is 3.07. The van der Waals surface area contributed by atoms with Crippen LogP contribution in [-0.4, -0.2) is 30.9 Å². The molecule has 0 aliphatic carbocycles. The molecule has 0 aromatic heterocycles. The summed E-state index contributed by atoms with van der Waals surface area (Å²) in [6, 6.07) is 4.52. The Labute approximate surface area is 112 Å². The second-order valence-electron chi connectivity index (χ2n) is 4.47. The molecule has 0 amide bonds. The van der Waals surface area contributed by atoms with Crippen molar-refractivity contribution >= 4 is 17.1 Å². The first-order valence-electron chi connectivity index (χ1n) is 6.07. The van der Waals surface area contributed by atoms with Gasteiger partial charge in [-0.15, -0.1) is 0 Å². The Morgan fingerprint density at radius 2 is 2.21 bits per heavy atom.